The Morgan fingerprint density at radius 3 is 2.60 bits per heavy atom. The van der Waals surface area contributed by atoms with Crippen LogP contribution in [0.15, 0.2) is 10.5 Å². The molecule has 0 amide bonds. The second-order valence-corrected chi connectivity index (χ2v) is 5.57. The topological polar surface area (TPSA) is 24.9 Å². The normalized spacial score (nSPS) is 11.1. The van der Waals surface area contributed by atoms with Crippen LogP contribution in [0.1, 0.15) is 31.5 Å². The van der Waals surface area contributed by atoms with E-state index in [-0.39, 0.29) is 15.4 Å². The van der Waals surface area contributed by atoms with Crippen LogP contribution in [-0.2, 0) is 6.42 Å². The Balaban J connectivity index is 2.86. The molecule has 5 heteroatoms. The molecule has 0 spiro atoms. The fourth-order valence-corrected chi connectivity index (χ4v) is 2.69. The minimum Gasteiger partial charge on any atom is -0.384 e. The van der Waals surface area contributed by atoms with Crippen LogP contribution >= 0.6 is 15.9 Å². The largest absolute Gasteiger partial charge is 0.384 e. The van der Waals surface area contributed by atoms with Crippen LogP contribution in [0.5, 0.6) is 0 Å². The van der Waals surface area contributed by atoms with Gasteiger partial charge in [0.25, 0.3) is 0 Å². The van der Waals surface area contributed by atoms with E-state index < -0.39 is 11.6 Å². The van der Waals surface area contributed by atoms with E-state index in [0.29, 0.717) is 18.7 Å². The minimum atomic E-state index is -0.512. The van der Waals surface area contributed by atoms with Gasteiger partial charge in [0.1, 0.15) is 11.3 Å². The van der Waals surface area contributed by atoms with Crippen molar-refractivity contribution in [1.29, 1.82) is 0 Å². The van der Waals surface area contributed by atoms with Crippen LogP contribution in [0.3, 0.4) is 0 Å². The van der Waals surface area contributed by atoms with Gasteiger partial charge < -0.3 is 5.32 Å². The molecule has 2 nitrogen and oxygen atoms in total. The number of benzene rings is 1. The van der Waals surface area contributed by atoms with E-state index in [4.69, 9.17) is 0 Å². The van der Waals surface area contributed by atoms with E-state index in [1.165, 1.54) is 0 Å². The smallest absolute Gasteiger partial charge is 0.150 e. The van der Waals surface area contributed by atoms with E-state index >= 15 is 0 Å². The number of hydrogen-bond donors (Lipinski definition) is 1. The Morgan fingerprint density at radius 1 is 1.30 bits per heavy atom. The van der Waals surface area contributed by atoms with Crippen molar-refractivity contribution in [2.45, 2.75) is 33.6 Å². The first-order valence-electron chi connectivity index (χ1n) is 6.71. The lowest BCUT2D eigenvalue weighted by molar-refractivity contribution is 0.609. The summed E-state index contributed by atoms with van der Waals surface area (Å²) in [7, 11) is 0. The third-order valence-electron chi connectivity index (χ3n) is 3.34. The number of hydrogen-bond acceptors (Lipinski definition) is 2. The highest BCUT2D eigenvalue weighted by Crippen LogP contribution is 2.35. The van der Waals surface area contributed by atoms with Crippen molar-refractivity contribution in [3.63, 3.8) is 0 Å². The second-order valence-electron chi connectivity index (χ2n) is 4.72. The van der Waals surface area contributed by atoms with Crippen LogP contribution in [0.4, 0.5) is 14.5 Å². The maximum Gasteiger partial charge on any atom is 0.150 e. The van der Waals surface area contributed by atoms with Crippen molar-refractivity contribution in [1.82, 2.24) is 4.98 Å². The first-order valence-corrected chi connectivity index (χ1v) is 7.51. The molecule has 0 radical (unpaired) electrons. The fourth-order valence-electron chi connectivity index (χ4n) is 2.29. The van der Waals surface area contributed by atoms with Gasteiger partial charge in [-0.1, -0.05) is 13.8 Å². The van der Waals surface area contributed by atoms with Crippen molar-refractivity contribution in [3.8, 4) is 0 Å². The number of rotatable bonds is 4. The maximum atomic E-state index is 14.4. The quantitative estimate of drug-likeness (QED) is 0.793. The van der Waals surface area contributed by atoms with Crippen molar-refractivity contribution in [2.75, 3.05) is 11.9 Å². The van der Waals surface area contributed by atoms with Crippen molar-refractivity contribution in [3.05, 3.63) is 33.4 Å². The molecule has 0 unspecified atom stereocenters. The molecular formula is C15H17BrF2N2. The number of nitrogens with zero attached hydrogens (tertiary/aromatic N) is 1. The molecule has 20 heavy (non-hydrogen) atoms. The average molecular weight is 343 g/mol. The summed E-state index contributed by atoms with van der Waals surface area (Å²) < 4.78 is 28.6. The standard InChI is InChI=1S/C15H17BrF2N2/c1-4-6-19-14-8(3)11(5-2)20-15-10(17)7-9(16)13(18)12(14)15/h7H,4-6H2,1-3H3,(H,19,20). The van der Waals surface area contributed by atoms with Crippen LogP contribution in [0.25, 0.3) is 10.9 Å². The molecule has 0 bridgehead atoms. The molecule has 0 saturated carbocycles. The van der Waals surface area contributed by atoms with Crippen LogP contribution in [-0.4, -0.2) is 11.5 Å². The van der Waals surface area contributed by atoms with E-state index in [2.05, 4.69) is 26.2 Å². The van der Waals surface area contributed by atoms with Gasteiger partial charge >= 0.3 is 0 Å². The summed E-state index contributed by atoms with van der Waals surface area (Å²) in [4.78, 5) is 4.29. The van der Waals surface area contributed by atoms with Gasteiger partial charge in [-0.05, 0) is 47.3 Å². The summed E-state index contributed by atoms with van der Waals surface area (Å²) >= 11 is 3.06. The lowest BCUT2D eigenvalue weighted by atomic mass is 10.0. The zero-order valence-electron chi connectivity index (χ0n) is 11.8. The molecule has 2 rings (SSSR count). The molecule has 0 aliphatic carbocycles. The fraction of sp³-hybridized carbons (Fsp3) is 0.400. The highest BCUT2D eigenvalue weighted by atomic mass is 79.9. The Kier molecular flexibility index (Phi) is 4.58. The predicted octanol–water partition coefficient (Wildman–Crippen LogP) is 4.97. The molecule has 0 saturated heterocycles. The Bertz CT molecular complexity index is 656. The van der Waals surface area contributed by atoms with Crippen LogP contribution in [0, 0.1) is 18.6 Å². The highest BCUT2D eigenvalue weighted by molar-refractivity contribution is 9.10. The van der Waals surface area contributed by atoms with Crippen molar-refractivity contribution in [2.24, 2.45) is 0 Å². The van der Waals surface area contributed by atoms with Gasteiger partial charge in [0.15, 0.2) is 5.82 Å². The molecule has 1 heterocycles. The lowest BCUT2D eigenvalue weighted by Crippen LogP contribution is -2.08. The Labute approximate surface area is 125 Å². The SMILES string of the molecule is CCCNc1c(C)c(CC)nc2c(F)cc(Br)c(F)c12. The van der Waals surface area contributed by atoms with Gasteiger partial charge in [-0.2, -0.15) is 0 Å². The number of nitrogens with one attached hydrogen (secondary N) is 1. The van der Waals surface area contributed by atoms with Gasteiger partial charge in [-0.25, -0.2) is 13.8 Å². The van der Waals surface area contributed by atoms with Crippen molar-refractivity contribution < 1.29 is 8.78 Å². The van der Waals surface area contributed by atoms with Crippen LogP contribution < -0.4 is 5.32 Å². The number of aromatic nitrogens is 1. The molecule has 0 aliphatic rings. The number of pyridine rings is 1. The summed E-state index contributed by atoms with van der Waals surface area (Å²) in [5, 5.41) is 3.43. The molecule has 2 aromatic rings. The zero-order chi connectivity index (χ0) is 14.9. The molecule has 1 aromatic carbocycles. The molecular weight excluding hydrogens is 326 g/mol. The first kappa shape index (κ1) is 15.2. The summed E-state index contributed by atoms with van der Waals surface area (Å²) in [6.07, 6.45) is 1.59. The van der Waals surface area contributed by atoms with E-state index in [0.717, 1.165) is 23.7 Å². The minimum absolute atomic E-state index is 0.0896. The lowest BCUT2D eigenvalue weighted by Gasteiger charge is -2.16. The third kappa shape index (κ3) is 2.51. The molecule has 0 aliphatic heterocycles. The number of aryl methyl sites for hydroxylation is 1. The van der Waals surface area contributed by atoms with Gasteiger partial charge in [0, 0.05) is 12.2 Å². The number of anilines is 1. The number of halogens is 3. The van der Waals surface area contributed by atoms with Gasteiger partial charge in [-0.15, -0.1) is 0 Å². The van der Waals surface area contributed by atoms with Crippen LogP contribution in [0.2, 0.25) is 0 Å². The predicted molar refractivity (Wildman–Crippen MR) is 82.3 cm³/mol. The van der Waals surface area contributed by atoms with E-state index in [9.17, 15) is 8.78 Å². The monoisotopic (exact) mass is 342 g/mol. The molecule has 1 aromatic heterocycles. The molecule has 1 N–H and O–H groups in total. The average Bonchev–Trinajstić information content (AvgIpc) is 2.43. The van der Waals surface area contributed by atoms with Gasteiger partial charge in [0.2, 0.25) is 0 Å². The third-order valence-corrected chi connectivity index (χ3v) is 3.91. The molecule has 0 fully saturated rings. The van der Waals surface area contributed by atoms with Gasteiger partial charge in [-0.3, -0.25) is 0 Å². The maximum absolute atomic E-state index is 14.4. The highest BCUT2D eigenvalue weighted by Gasteiger charge is 2.19. The van der Waals surface area contributed by atoms with E-state index in [1.807, 2.05) is 20.8 Å². The van der Waals surface area contributed by atoms with Crippen molar-refractivity contribution >= 4 is 32.5 Å². The Morgan fingerprint density at radius 2 is 2.00 bits per heavy atom. The summed E-state index contributed by atoms with van der Waals surface area (Å²) in [6.45, 7) is 6.58. The number of fused-ring (bicyclic) bond motifs is 1. The molecule has 0 atom stereocenters. The first-order chi connectivity index (χ1) is 9.51. The summed E-state index contributed by atoms with van der Waals surface area (Å²) in [5.74, 6) is -0.985. The second kappa shape index (κ2) is 6.04. The molecule has 108 valence electrons. The Hall–Kier alpha value is -1.23. The van der Waals surface area contributed by atoms with E-state index in [1.54, 1.807) is 0 Å². The summed E-state index contributed by atoms with van der Waals surface area (Å²) in [5.41, 5.74) is 2.40. The summed E-state index contributed by atoms with van der Waals surface area (Å²) in [6, 6.07) is 1.13. The van der Waals surface area contributed by atoms with Gasteiger partial charge in [0.05, 0.1) is 15.5 Å². The zero-order valence-corrected chi connectivity index (χ0v) is 13.4.